The number of piperidine rings is 1. The molecule has 3 fully saturated rings. The average molecular weight is 402 g/mol. The van der Waals surface area contributed by atoms with Gasteiger partial charge in [0.1, 0.15) is 5.69 Å². The molecule has 0 radical (unpaired) electrons. The molecule has 8 heteroatoms. The van der Waals surface area contributed by atoms with Gasteiger partial charge >= 0.3 is 0 Å². The molecule has 3 amide bonds. The van der Waals surface area contributed by atoms with E-state index in [4.69, 9.17) is 0 Å². The molecule has 3 heterocycles. The molecule has 4 rings (SSSR count). The van der Waals surface area contributed by atoms with Crippen LogP contribution in [0, 0.1) is 23.7 Å². The number of H-pyrrole nitrogens is 1. The Balaban J connectivity index is 1.54. The van der Waals surface area contributed by atoms with Crippen LogP contribution in [0.25, 0.3) is 0 Å². The van der Waals surface area contributed by atoms with Crippen LogP contribution in [0.5, 0.6) is 0 Å². The number of aromatic nitrogens is 2. The van der Waals surface area contributed by atoms with Crippen molar-refractivity contribution in [3.05, 3.63) is 17.5 Å². The largest absolute Gasteiger partial charge is 0.348 e. The first kappa shape index (κ1) is 19.9. The zero-order valence-corrected chi connectivity index (χ0v) is 17.8. The van der Waals surface area contributed by atoms with Crippen LogP contribution in [0.15, 0.2) is 6.07 Å². The standard InChI is InChI=1S/C21H31N5O3/c1-14-11-16(23-22-14)18(28)25-9-7-20(8-10-25)5-6-21(19(29)24(3)4)13-26(15(2)27)12-17(20)21/h11,17H,5-10,12-13H2,1-4H3,(H,22,23)/t17-,21+/m1/s1. The van der Waals surface area contributed by atoms with Crippen molar-refractivity contribution < 1.29 is 14.4 Å². The van der Waals surface area contributed by atoms with Crippen molar-refractivity contribution in [1.29, 1.82) is 0 Å². The Bertz CT molecular complexity index is 839. The van der Waals surface area contributed by atoms with Gasteiger partial charge in [-0.1, -0.05) is 0 Å². The molecular formula is C21H31N5O3. The predicted molar refractivity (Wildman–Crippen MR) is 107 cm³/mol. The quantitative estimate of drug-likeness (QED) is 0.809. The molecule has 2 aliphatic heterocycles. The minimum atomic E-state index is -0.472. The number of nitrogens with zero attached hydrogens (tertiary/aromatic N) is 4. The Labute approximate surface area is 171 Å². The second-order valence-electron chi connectivity index (χ2n) is 9.40. The van der Waals surface area contributed by atoms with E-state index in [0.29, 0.717) is 31.9 Å². The van der Waals surface area contributed by atoms with E-state index < -0.39 is 5.41 Å². The number of carbonyl (C=O) groups is 3. The number of aryl methyl sites for hydroxylation is 1. The molecule has 2 atom stereocenters. The Morgan fingerprint density at radius 3 is 2.38 bits per heavy atom. The fourth-order valence-electron chi connectivity index (χ4n) is 6.04. The van der Waals surface area contributed by atoms with Gasteiger partial charge in [-0.3, -0.25) is 19.5 Å². The molecule has 1 spiro atoms. The van der Waals surface area contributed by atoms with Crippen LogP contribution in [0.3, 0.4) is 0 Å². The number of carbonyl (C=O) groups excluding carboxylic acids is 3. The summed E-state index contributed by atoms with van der Waals surface area (Å²) in [7, 11) is 3.62. The number of rotatable bonds is 2. The summed E-state index contributed by atoms with van der Waals surface area (Å²) in [5.74, 6) is 0.323. The highest BCUT2D eigenvalue weighted by molar-refractivity contribution is 5.92. The first-order valence-corrected chi connectivity index (χ1v) is 10.5. The molecule has 29 heavy (non-hydrogen) atoms. The van der Waals surface area contributed by atoms with Gasteiger partial charge in [0.2, 0.25) is 11.8 Å². The Kier molecular flexibility index (Phi) is 4.70. The van der Waals surface area contributed by atoms with E-state index in [0.717, 1.165) is 31.4 Å². The summed E-state index contributed by atoms with van der Waals surface area (Å²) in [6, 6.07) is 1.78. The van der Waals surface area contributed by atoms with E-state index in [2.05, 4.69) is 10.2 Å². The van der Waals surface area contributed by atoms with Crippen LogP contribution in [0.4, 0.5) is 0 Å². The number of hydrogen-bond acceptors (Lipinski definition) is 4. The highest BCUT2D eigenvalue weighted by Crippen LogP contribution is 2.62. The molecule has 158 valence electrons. The second kappa shape index (κ2) is 6.85. The van der Waals surface area contributed by atoms with Gasteiger partial charge in [-0.2, -0.15) is 5.10 Å². The summed E-state index contributed by atoms with van der Waals surface area (Å²) < 4.78 is 0. The maximum absolute atomic E-state index is 13.2. The maximum Gasteiger partial charge on any atom is 0.274 e. The van der Waals surface area contributed by atoms with Gasteiger partial charge in [0, 0.05) is 52.9 Å². The lowest BCUT2D eigenvalue weighted by Gasteiger charge is -2.44. The minimum absolute atomic E-state index is 0.0220. The molecule has 8 nitrogen and oxygen atoms in total. The van der Waals surface area contributed by atoms with Crippen molar-refractivity contribution in [2.24, 2.45) is 16.7 Å². The van der Waals surface area contributed by atoms with Crippen molar-refractivity contribution in [3.63, 3.8) is 0 Å². The predicted octanol–water partition coefficient (Wildman–Crippen LogP) is 1.29. The van der Waals surface area contributed by atoms with Crippen LogP contribution in [-0.2, 0) is 9.59 Å². The summed E-state index contributed by atoms with van der Waals surface area (Å²) in [4.78, 5) is 43.5. The summed E-state index contributed by atoms with van der Waals surface area (Å²) in [5, 5.41) is 6.94. The van der Waals surface area contributed by atoms with Crippen molar-refractivity contribution >= 4 is 17.7 Å². The molecule has 0 bridgehead atoms. The van der Waals surface area contributed by atoms with Gasteiger partial charge in [-0.05, 0) is 50.0 Å². The van der Waals surface area contributed by atoms with E-state index in [1.165, 1.54) is 0 Å². The van der Waals surface area contributed by atoms with Gasteiger partial charge in [-0.25, -0.2) is 0 Å². The molecule has 0 unspecified atom stereocenters. The Morgan fingerprint density at radius 1 is 1.14 bits per heavy atom. The molecule has 0 aromatic carbocycles. The zero-order chi connectivity index (χ0) is 21.0. The van der Waals surface area contributed by atoms with E-state index in [1.807, 2.05) is 30.8 Å². The fourth-order valence-corrected chi connectivity index (χ4v) is 6.04. The average Bonchev–Trinajstić information content (AvgIpc) is 3.36. The van der Waals surface area contributed by atoms with E-state index in [9.17, 15) is 14.4 Å². The van der Waals surface area contributed by atoms with Gasteiger partial charge in [0.25, 0.3) is 5.91 Å². The smallest absolute Gasteiger partial charge is 0.274 e. The Morgan fingerprint density at radius 2 is 1.83 bits per heavy atom. The monoisotopic (exact) mass is 401 g/mol. The van der Waals surface area contributed by atoms with Crippen molar-refractivity contribution in [3.8, 4) is 0 Å². The number of nitrogens with one attached hydrogen (secondary N) is 1. The van der Waals surface area contributed by atoms with Gasteiger partial charge in [0.05, 0.1) is 5.41 Å². The molecule has 1 saturated carbocycles. The zero-order valence-electron chi connectivity index (χ0n) is 17.8. The first-order chi connectivity index (χ1) is 13.7. The number of likely N-dealkylation sites (tertiary alicyclic amines) is 2. The van der Waals surface area contributed by atoms with Crippen LogP contribution >= 0.6 is 0 Å². The topological polar surface area (TPSA) is 89.6 Å². The van der Waals surface area contributed by atoms with Crippen LogP contribution < -0.4 is 0 Å². The molecule has 3 aliphatic rings. The highest BCUT2D eigenvalue weighted by Gasteiger charge is 2.65. The van der Waals surface area contributed by atoms with E-state index in [1.54, 1.807) is 17.9 Å². The fraction of sp³-hybridized carbons (Fsp3) is 0.714. The lowest BCUT2D eigenvalue weighted by atomic mass is 9.65. The minimum Gasteiger partial charge on any atom is -0.348 e. The third-order valence-corrected chi connectivity index (χ3v) is 7.60. The number of amides is 3. The van der Waals surface area contributed by atoms with Crippen molar-refractivity contribution in [2.45, 2.75) is 39.5 Å². The van der Waals surface area contributed by atoms with Gasteiger partial charge in [-0.15, -0.1) is 0 Å². The number of hydrogen-bond donors (Lipinski definition) is 1. The number of fused-ring (bicyclic) bond motifs is 2. The third-order valence-electron chi connectivity index (χ3n) is 7.60. The normalized spacial score (nSPS) is 27.9. The second-order valence-corrected chi connectivity index (χ2v) is 9.40. The summed E-state index contributed by atoms with van der Waals surface area (Å²) >= 11 is 0. The van der Waals surface area contributed by atoms with Gasteiger partial charge < -0.3 is 14.7 Å². The van der Waals surface area contributed by atoms with E-state index >= 15 is 0 Å². The van der Waals surface area contributed by atoms with Crippen LogP contribution in [-0.4, -0.2) is 82.9 Å². The third kappa shape index (κ3) is 3.04. The molecule has 1 N–H and O–H groups in total. The maximum atomic E-state index is 13.2. The van der Waals surface area contributed by atoms with Crippen molar-refractivity contribution in [1.82, 2.24) is 24.9 Å². The molecule has 1 aromatic rings. The van der Waals surface area contributed by atoms with Crippen LogP contribution in [0.1, 0.15) is 48.8 Å². The summed E-state index contributed by atoms with van der Waals surface area (Å²) in [5.41, 5.74) is 0.889. The lowest BCUT2D eigenvalue weighted by Crippen LogP contribution is -2.49. The highest BCUT2D eigenvalue weighted by atomic mass is 16.2. The Hall–Kier alpha value is -2.38. The molecule has 2 saturated heterocycles. The molecular weight excluding hydrogens is 370 g/mol. The lowest BCUT2D eigenvalue weighted by molar-refractivity contribution is -0.141. The summed E-state index contributed by atoms with van der Waals surface area (Å²) in [6.07, 6.45) is 3.57. The first-order valence-electron chi connectivity index (χ1n) is 10.5. The number of aromatic amines is 1. The summed E-state index contributed by atoms with van der Waals surface area (Å²) in [6.45, 7) is 6.01. The SMILES string of the molecule is CC(=O)N1C[C@@H]2C3(CCN(C(=O)c4cc(C)[nH]n4)CC3)CC[C@]2(C(=O)N(C)C)C1. The molecule has 1 aliphatic carbocycles. The van der Waals surface area contributed by atoms with E-state index in [-0.39, 0.29) is 29.1 Å². The van der Waals surface area contributed by atoms with Gasteiger partial charge in [0.15, 0.2) is 0 Å². The molecule has 1 aromatic heterocycles. The van der Waals surface area contributed by atoms with Crippen molar-refractivity contribution in [2.75, 3.05) is 40.3 Å². The van der Waals surface area contributed by atoms with Crippen LogP contribution in [0.2, 0.25) is 0 Å².